The molecule has 1 N–H and O–H groups in total. The van der Waals surface area contributed by atoms with E-state index in [0.717, 1.165) is 22.3 Å². The summed E-state index contributed by atoms with van der Waals surface area (Å²) < 4.78 is 0.968. The third-order valence-electron chi connectivity index (χ3n) is 3.96. The van der Waals surface area contributed by atoms with Crippen LogP contribution in [0.2, 0.25) is 0 Å². The minimum absolute atomic E-state index is 0.0580. The van der Waals surface area contributed by atoms with Crippen molar-refractivity contribution in [2.75, 3.05) is 26.0 Å². The van der Waals surface area contributed by atoms with Crippen LogP contribution in [-0.2, 0) is 16.1 Å². The number of likely N-dealkylation sites (tertiary alicyclic amines) is 1. The van der Waals surface area contributed by atoms with E-state index in [2.05, 4.69) is 26.1 Å². The van der Waals surface area contributed by atoms with Crippen LogP contribution in [0.4, 0.5) is 5.69 Å². The fraction of sp³-hybridized carbons (Fsp3) is 0.529. The second kappa shape index (κ2) is 7.45. The first-order valence-electron chi connectivity index (χ1n) is 7.81. The second-order valence-corrected chi connectivity index (χ2v) is 7.43. The summed E-state index contributed by atoms with van der Waals surface area (Å²) in [5, 5.41) is 2.92. The van der Waals surface area contributed by atoms with Crippen LogP contribution in [0.15, 0.2) is 22.7 Å². The molecular formula is C17H24BrN3O2. The zero-order chi connectivity index (χ0) is 17.1. The Morgan fingerprint density at radius 2 is 2.13 bits per heavy atom. The van der Waals surface area contributed by atoms with E-state index in [4.69, 9.17) is 0 Å². The average molecular weight is 382 g/mol. The van der Waals surface area contributed by atoms with Crippen LogP contribution < -0.4 is 5.32 Å². The SMILES string of the molecule is CC(C)N1C[C@H](C(=O)Nc2ccc(CN(C)C)c(Br)c2)CC1=O. The predicted octanol–water partition coefficient (Wildman–Crippen LogP) is 2.71. The van der Waals surface area contributed by atoms with E-state index in [9.17, 15) is 9.59 Å². The molecule has 0 aromatic heterocycles. The first-order valence-corrected chi connectivity index (χ1v) is 8.60. The lowest BCUT2D eigenvalue weighted by atomic mass is 10.1. The lowest BCUT2D eigenvalue weighted by molar-refractivity contribution is -0.129. The Labute approximate surface area is 146 Å². The van der Waals surface area contributed by atoms with Gasteiger partial charge in [0.1, 0.15) is 0 Å². The van der Waals surface area contributed by atoms with Gasteiger partial charge in [-0.15, -0.1) is 0 Å². The van der Waals surface area contributed by atoms with Gasteiger partial charge in [0, 0.05) is 35.7 Å². The standard InChI is InChI=1S/C17H24BrN3O2/c1-11(2)21-10-13(7-16(21)22)17(23)19-14-6-5-12(9-20(3)4)15(18)8-14/h5-6,8,11,13H,7,9-10H2,1-4H3,(H,19,23)/t13-/m1/s1. The Morgan fingerprint density at radius 1 is 1.43 bits per heavy atom. The Morgan fingerprint density at radius 3 is 2.65 bits per heavy atom. The topological polar surface area (TPSA) is 52.7 Å². The molecule has 23 heavy (non-hydrogen) atoms. The van der Waals surface area contributed by atoms with E-state index in [1.165, 1.54) is 0 Å². The van der Waals surface area contributed by atoms with Crippen LogP contribution in [0.3, 0.4) is 0 Å². The minimum Gasteiger partial charge on any atom is -0.339 e. The van der Waals surface area contributed by atoms with E-state index in [0.29, 0.717) is 13.0 Å². The van der Waals surface area contributed by atoms with Gasteiger partial charge in [0.15, 0.2) is 0 Å². The van der Waals surface area contributed by atoms with Crippen LogP contribution in [0, 0.1) is 5.92 Å². The molecule has 5 nitrogen and oxygen atoms in total. The first-order chi connectivity index (χ1) is 10.8. The molecule has 0 aliphatic carbocycles. The number of nitrogens with one attached hydrogen (secondary N) is 1. The fourth-order valence-corrected chi connectivity index (χ4v) is 3.25. The van der Waals surface area contributed by atoms with E-state index in [1.54, 1.807) is 4.90 Å². The molecule has 0 spiro atoms. The van der Waals surface area contributed by atoms with Crippen molar-refractivity contribution in [2.45, 2.75) is 32.9 Å². The van der Waals surface area contributed by atoms with Gasteiger partial charge in [0.25, 0.3) is 0 Å². The van der Waals surface area contributed by atoms with Crippen molar-refractivity contribution >= 4 is 33.4 Å². The average Bonchev–Trinajstić information content (AvgIpc) is 2.84. The molecule has 0 saturated carbocycles. The number of hydrogen-bond acceptors (Lipinski definition) is 3. The summed E-state index contributed by atoms with van der Waals surface area (Å²) in [5.41, 5.74) is 1.91. The third-order valence-corrected chi connectivity index (χ3v) is 4.70. The van der Waals surface area contributed by atoms with Gasteiger partial charge < -0.3 is 15.1 Å². The van der Waals surface area contributed by atoms with Gasteiger partial charge in [0.2, 0.25) is 11.8 Å². The summed E-state index contributed by atoms with van der Waals surface area (Å²) in [6, 6.07) is 5.95. The van der Waals surface area contributed by atoms with Gasteiger partial charge in [-0.2, -0.15) is 0 Å². The largest absolute Gasteiger partial charge is 0.339 e. The van der Waals surface area contributed by atoms with E-state index >= 15 is 0 Å². The normalized spacial score (nSPS) is 18.1. The van der Waals surface area contributed by atoms with E-state index in [-0.39, 0.29) is 23.8 Å². The van der Waals surface area contributed by atoms with Gasteiger partial charge >= 0.3 is 0 Å². The molecule has 2 rings (SSSR count). The maximum absolute atomic E-state index is 12.4. The molecule has 1 aromatic rings. The van der Waals surface area contributed by atoms with Crippen LogP contribution in [-0.4, -0.2) is 48.3 Å². The maximum atomic E-state index is 12.4. The van der Waals surface area contributed by atoms with Gasteiger partial charge in [-0.05, 0) is 45.6 Å². The fourth-order valence-electron chi connectivity index (χ4n) is 2.74. The number of carbonyl (C=O) groups excluding carboxylic acids is 2. The Hall–Kier alpha value is -1.40. The molecule has 0 radical (unpaired) electrons. The highest BCUT2D eigenvalue weighted by molar-refractivity contribution is 9.10. The summed E-state index contributed by atoms with van der Waals surface area (Å²) in [6.07, 6.45) is 0.296. The van der Waals surface area contributed by atoms with Crippen LogP contribution in [0.5, 0.6) is 0 Å². The van der Waals surface area contributed by atoms with Gasteiger partial charge in [-0.1, -0.05) is 22.0 Å². The molecule has 1 heterocycles. The molecule has 1 aliphatic rings. The molecule has 6 heteroatoms. The maximum Gasteiger partial charge on any atom is 0.229 e. The Kier molecular flexibility index (Phi) is 5.81. The van der Waals surface area contributed by atoms with Gasteiger partial charge in [-0.25, -0.2) is 0 Å². The van der Waals surface area contributed by atoms with Crippen LogP contribution >= 0.6 is 15.9 Å². The summed E-state index contributed by atoms with van der Waals surface area (Å²) in [4.78, 5) is 28.2. The lowest BCUT2D eigenvalue weighted by Gasteiger charge is -2.20. The zero-order valence-corrected chi connectivity index (χ0v) is 15.7. The summed E-state index contributed by atoms with van der Waals surface area (Å²) in [5.74, 6) is -0.304. The molecule has 2 amide bonds. The molecule has 126 valence electrons. The second-order valence-electron chi connectivity index (χ2n) is 6.57. The summed E-state index contributed by atoms with van der Waals surface area (Å²) in [7, 11) is 4.03. The molecule has 1 saturated heterocycles. The Bertz CT molecular complexity index is 602. The van der Waals surface area contributed by atoms with Crippen molar-refractivity contribution in [3.8, 4) is 0 Å². The Balaban J connectivity index is 2.01. The highest BCUT2D eigenvalue weighted by atomic mass is 79.9. The number of hydrogen-bond donors (Lipinski definition) is 1. The first kappa shape index (κ1) is 17.9. The van der Waals surface area contributed by atoms with Crippen molar-refractivity contribution in [3.05, 3.63) is 28.2 Å². The lowest BCUT2D eigenvalue weighted by Crippen LogP contribution is -2.33. The van der Waals surface area contributed by atoms with Crippen molar-refractivity contribution in [1.82, 2.24) is 9.80 Å². The highest BCUT2D eigenvalue weighted by Gasteiger charge is 2.35. The van der Waals surface area contributed by atoms with E-state index in [1.807, 2.05) is 46.1 Å². The van der Waals surface area contributed by atoms with Crippen LogP contribution in [0.25, 0.3) is 0 Å². The minimum atomic E-state index is -0.273. The number of carbonyl (C=O) groups is 2. The molecule has 0 bridgehead atoms. The summed E-state index contributed by atoms with van der Waals surface area (Å²) >= 11 is 3.55. The number of rotatable bonds is 5. The van der Waals surface area contributed by atoms with Crippen LogP contribution in [0.1, 0.15) is 25.8 Å². The molecule has 1 atom stereocenters. The third kappa shape index (κ3) is 4.54. The smallest absolute Gasteiger partial charge is 0.229 e. The quantitative estimate of drug-likeness (QED) is 0.852. The van der Waals surface area contributed by atoms with E-state index < -0.39 is 0 Å². The molecule has 1 aliphatic heterocycles. The summed E-state index contributed by atoms with van der Waals surface area (Å²) in [6.45, 7) is 5.27. The monoisotopic (exact) mass is 381 g/mol. The van der Waals surface area contributed by atoms with Crippen molar-refractivity contribution in [2.24, 2.45) is 5.92 Å². The zero-order valence-electron chi connectivity index (χ0n) is 14.1. The van der Waals surface area contributed by atoms with Crippen molar-refractivity contribution in [1.29, 1.82) is 0 Å². The number of halogens is 1. The number of amides is 2. The molecule has 1 aromatic carbocycles. The molecule has 0 unspecified atom stereocenters. The molecular weight excluding hydrogens is 358 g/mol. The van der Waals surface area contributed by atoms with Crippen molar-refractivity contribution in [3.63, 3.8) is 0 Å². The highest BCUT2D eigenvalue weighted by Crippen LogP contribution is 2.25. The molecule has 1 fully saturated rings. The number of anilines is 1. The number of nitrogens with zero attached hydrogens (tertiary/aromatic N) is 2. The van der Waals surface area contributed by atoms with Gasteiger partial charge in [-0.3, -0.25) is 9.59 Å². The number of benzene rings is 1. The predicted molar refractivity (Wildman–Crippen MR) is 95.1 cm³/mol. The van der Waals surface area contributed by atoms with Gasteiger partial charge in [0.05, 0.1) is 5.92 Å². The van der Waals surface area contributed by atoms with Crippen molar-refractivity contribution < 1.29 is 9.59 Å².